The first-order chi connectivity index (χ1) is 12.5. The van der Waals surface area contributed by atoms with Crippen molar-refractivity contribution in [2.75, 3.05) is 12.4 Å². The van der Waals surface area contributed by atoms with Crippen LogP contribution < -0.4 is 5.32 Å². The van der Waals surface area contributed by atoms with Gasteiger partial charge < -0.3 is 10.1 Å². The van der Waals surface area contributed by atoms with Crippen molar-refractivity contribution in [1.82, 2.24) is 10.3 Å². The average molecular weight is 393 g/mol. The van der Waals surface area contributed by atoms with Crippen LogP contribution in [0.15, 0.2) is 28.6 Å². The first-order valence-electron chi connectivity index (χ1n) is 8.96. The summed E-state index contributed by atoms with van der Waals surface area (Å²) in [5.74, 6) is 0.618. The first kappa shape index (κ1) is 19.2. The van der Waals surface area contributed by atoms with Gasteiger partial charge in [0, 0.05) is 6.04 Å². The van der Waals surface area contributed by atoms with Crippen LogP contribution in [0.5, 0.6) is 0 Å². The fourth-order valence-corrected chi connectivity index (χ4v) is 5.12. The molecule has 1 aromatic carbocycles. The van der Waals surface area contributed by atoms with Gasteiger partial charge in [-0.05, 0) is 30.4 Å². The number of hydrogen-bond donors (Lipinski definition) is 1. The second-order valence-corrected chi connectivity index (χ2v) is 9.09. The number of benzene rings is 1. The highest BCUT2D eigenvalue weighted by atomic mass is 32.2. The molecular formula is C19H24N2O3S2. The average Bonchev–Trinajstić information content (AvgIpc) is 3.05. The van der Waals surface area contributed by atoms with Gasteiger partial charge in [0.25, 0.3) is 5.91 Å². The second-order valence-electron chi connectivity index (χ2n) is 6.84. The number of amides is 1. The molecule has 0 aliphatic heterocycles. The van der Waals surface area contributed by atoms with E-state index in [-0.39, 0.29) is 24.3 Å². The molecule has 1 aliphatic carbocycles. The highest BCUT2D eigenvalue weighted by molar-refractivity contribution is 8.01. The third kappa shape index (κ3) is 4.98. The van der Waals surface area contributed by atoms with Gasteiger partial charge in [-0.15, -0.1) is 11.3 Å². The number of nitrogens with one attached hydrogen (secondary N) is 1. The molecule has 1 amide bonds. The number of rotatable bonds is 6. The maximum absolute atomic E-state index is 12.1. The van der Waals surface area contributed by atoms with Crippen LogP contribution in [-0.2, 0) is 14.3 Å². The van der Waals surface area contributed by atoms with Gasteiger partial charge in [-0.1, -0.05) is 50.6 Å². The minimum atomic E-state index is -0.394. The zero-order valence-electron chi connectivity index (χ0n) is 15.1. The molecule has 140 valence electrons. The van der Waals surface area contributed by atoms with Crippen LogP contribution in [0.1, 0.15) is 33.1 Å². The molecule has 0 saturated heterocycles. The number of nitrogens with zero attached hydrogens (tertiary/aromatic N) is 1. The van der Waals surface area contributed by atoms with E-state index in [1.54, 1.807) is 11.3 Å². The number of thiazole rings is 1. The highest BCUT2D eigenvalue weighted by Gasteiger charge is 2.28. The smallest absolute Gasteiger partial charge is 0.316 e. The number of esters is 1. The molecule has 0 spiro atoms. The lowest BCUT2D eigenvalue weighted by atomic mass is 9.78. The number of para-hydroxylation sites is 1. The first-order valence-corrected chi connectivity index (χ1v) is 10.8. The number of aromatic nitrogens is 1. The van der Waals surface area contributed by atoms with E-state index in [1.807, 2.05) is 24.3 Å². The van der Waals surface area contributed by atoms with E-state index >= 15 is 0 Å². The molecule has 1 fully saturated rings. The zero-order valence-corrected chi connectivity index (χ0v) is 16.7. The highest BCUT2D eigenvalue weighted by Crippen LogP contribution is 2.30. The van der Waals surface area contributed by atoms with E-state index in [0.29, 0.717) is 11.8 Å². The predicted octanol–water partition coefficient (Wildman–Crippen LogP) is 3.87. The maximum Gasteiger partial charge on any atom is 0.316 e. The molecule has 2 aromatic rings. The number of hydrogen-bond acceptors (Lipinski definition) is 6. The molecule has 1 N–H and O–H groups in total. The van der Waals surface area contributed by atoms with E-state index in [2.05, 4.69) is 24.1 Å². The Morgan fingerprint density at radius 1 is 1.31 bits per heavy atom. The largest absolute Gasteiger partial charge is 0.455 e. The van der Waals surface area contributed by atoms with Gasteiger partial charge in [0.05, 0.1) is 16.0 Å². The van der Waals surface area contributed by atoms with Gasteiger partial charge in [0.1, 0.15) is 0 Å². The Hall–Kier alpha value is -1.60. The summed E-state index contributed by atoms with van der Waals surface area (Å²) in [6, 6.07) is 8.05. The van der Waals surface area contributed by atoms with Crippen molar-refractivity contribution in [1.29, 1.82) is 0 Å². The Morgan fingerprint density at radius 2 is 2.12 bits per heavy atom. The molecule has 0 bridgehead atoms. The Balaban J connectivity index is 1.40. The van der Waals surface area contributed by atoms with Crippen molar-refractivity contribution >= 4 is 45.2 Å². The van der Waals surface area contributed by atoms with Gasteiger partial charge in [-0.2, -0.15) is 0 Å². The van der Waals surface area contributed by atoms with Crippen molar-refractivity contribution in [3.63, 3.8) is 0 Å². The van der Waals surface area contributed by atoms with Gasteiger partial charge in [0.15, 0.2) is 10.9 Å². The van der Waals surface area contributed by atoms with Gasteiger partial charge >= 0.3 is 5.97 Å². The molecule has 5 nitrogen and oxygen atoms in total. The van der Waals surface area contributed by atoms with Crippen molar-refractivity contribution < 1.29 is 14.3 Å². The number of carbonyl (C=O) groups is 2. The van der Waals surface area contributed by atoms with E-state index in [9.17, 15) is 9.59 Å². The molecule has 3 rings (SSSR count). The second kappa shape index (κ2) is 8.86. The summed E-state index contributed by atoms with van der Waals surface area (Å²) in [5.41, 5.74) is 0.934. The molecule has 1 aliphatic rings. The molecule has 1 aromatic heterocycles. The van der Waals surface area contributed by atoms with E-state index in [1.165, 1.54) is 18.2 Å². The summed E-state index contributed by atoms with van der Waals surface area (Å²) < 4.78 is 7.04. The number of ether oxygens (including phenoxy) is 1. The monoisotopic (exact) mass is 392 g/mol. The Morgan fingerprint density at radius 3 is 2.92 bits per heavy atom. The molecule has 0 unspecified atom stereocenters. The van der Waals surface area contributed by atoms with Crippen molar-refractivity contribution in [3.8, 4) is 0 Å². The molecular weight excluding hydrogens is 368 g/mol. The van der Waals surface area contributed by atoms with Crippen LogP contribution in [-0.4, -0.2) is 35.3 Å². The lowest BCUT2D eigenvalue weighted by molar-refractivity contribution is -0.146. The number of carbonyl (C=O) groups excluding carboxylic acids is 2. The third-order valence-electron chi connectivity index (χ3n) is 5.01. The zero-order chi connectivity index (χ0) is 18.5. The quantitative estimate of drug-likeness (QED) is 0.597. The topological polar surface area (TPSA) is 68.3 Å². The molecule has 1 saturated carbocycles. The third-order valence-corrected chi connectivity index (χ3v) is 7.16. The lowest BCUT2D eigenvalue weighted by Crippen LogP contribution is -2.45. The van der Waals surface area contributed by atoms with Crippen LogP contribution in [0.2, 0.25) is 0 Å². The van der Waals surface area contributed by atoms with E-state index in [4.69, 9.17) is 4.74 Å². The molecule has 7 heteroatoms. The molecule has 3 atom stereocenters. The molecule has 0 radical (unpaired) electrons. The predicted molar refractivity (Wildman–Crippen MR) is 105 cm³/mol. The normalized spacial score (nSPS) is 22.9. The van der Waals surface area contributed by atoms with Crippen LogP contribution in [0.3, 0.4) is 0 Å². The summed E-state index contributed by atoms with van der Waals surface area (Å²) in [7, 11) is 0. The summed E-state index contributed by atoms with van der Waals surface area (Å²) in [6.45, 7) is 4.19. The lowest BCUT2D eigenvalue weighted by Gasteiger charge is -2.34. The summed E-state index contributed by atoms with van der Waals surface area (Å²) in [5, 5.41) is 3.01. The summed E-state index contributed by atoms with van der Waals surface area (Å²) in [4.78, 5) is 28.4. The minimum Gasteiger partial charge on any atom is -0.455 e. The fourth-order valence-electron chi connectivity index (χ4n) is 3.26. The maximum atomic E-state index is 12.1. The van der Waals surface area contributed by atoms with E-state index < -0.39 is 5.97 Å². The van der Waals surface area contributed by atoms with E-state index in [0.717, 1.165) is 27.4 Å². The number of thioether (sulfide) groups is 1. The van der Waals surface area contributed by atoms with Crippen molar-refractivity contribution in [2.24, 2.45) is 11.8 Å². The minimum absolute atomic E-state index is 0.157. The van der Waals surface area contributed by atoms with Crippen LogP contribution in [0.25, 0.3) is 10.2 Å². The SMILES string of the molecule is C[C@@H]1[C@@H](C)CCC[C@H]1NC(=O)COC(=O)CSc1nc2ccccc2s1. The van der Waals surface area contributed by atoms with Crippen molar-refractivity contribution in [2.45, 2.75) is 43.5 Å². The van der Waals surface area contributed by atoms with Gasteiger partial charge in [-0.3, -0.25) is 9.59 Å². The Labute approximate surface area is 161 Å². The summed E-state index contributed by atoms with van der Waals surface area (Å²) in [6.07, 6.45) is 3.35. The Bertz CT molecular complexity index is 744. The van der Waals surface area contributed by atoms with Gasteiger partial charge in [0.2, 0.25) is 0 Å². The number of fused-ring (bicyclic) bond motifs is 1. The summed E-state index contributed by atoms with van der Waals surface area (Å²) >= 11 is 2.90. The molecule has 26 heavy (non-hydrogen) atoms. The Kier molecular flexibility index (Phi) is 6.53. The molecule has 1 heterocycles. The van der Waals surface area contributed by atoms with Crippen LogP contribution in [0, 0.1) is 11.8 Å². The fraction of sp³-hybridized carbons (Fsp3) is 0.526. The van der Waals surface area contributed by atoms with Crippen LogP contribution >= 0.6 is 23.1 Å². The van der Waals surface area contributed by atoms with Crippen molar-refractivity contribution in [3.05, 3.63) is 24.3 Å². The van der Waals surface area contributed by atoms with Gasteiger partial charge in [-0.25, -0.2) is 4.98 Å². The van der Waals surface area contributed by atoms with Crippen LogP contribution in [0.4, 0.5) is 0 Å². The standard InChI is InChI=1S/C19H24N2O3S2/c1-12-6-5-8-14(13(12)2)20-17(22)10-24-18(23)11-25-19-21-15-7-3-4-9-16(15)26-19/h3-4,7,9,12-14H,5-6,8,10-11H2,1-2H3,(H,20,22)/t12-,13+,14+/m0/s1.